The quantitative estimate of drug-likeness (QED) is 0.511. The Kier molecular flexibility index (Phi) is 5.25. The topological polar surface area (TPSA) is 33.1 Å². The Hall–Kier alpha value is -2.18. The summed E-state index contributed by atoms with van der Waals surface area (Å²) in [6.07, 6.45) is 3.98. The Labute approximate surface area is 179 Å². The highest BCUT2D eigenvalue weighted by Gasteiger charge is 2.42. The van der Waals surface area contributed by atoms with Crippen LogP contribution in [0.15, 0.2) is 65.4 Å². The predicted molar refractivity (Wildman–Crippen MR) is 122 cm³/mol. The Morgan fingerprint density at radius 2 is 1.96 bits per heavy atom. The van der Waals surface area contributed by atoms with Crippen LogP contribution in [0.3, 0.4) is 0 Å². The molecule has 28 heavy (non-hydrogen) atoms. The zero-order valence-electron chi connectivity index (χ0n) is 16.1. The van der Waals surface area contributed by atoms with E-state index in [2.05, 4.69) is 99.1 Å². The summed E-state index contributed by atoms with van der Waals surface area (Å²) >= 11 is 9.41. The van der Waals surface area contributed by atoms with Crippen LogP contribution in [0, 0.1) is 6.92 Å². The molecule has 4 nitrogen and oxygen atoms in total. The number of hydrogen-bond donors (Lipinski definition) is 1. The maximum Gasteiger partial charge on any atom is 0.174 e. The van der Waals surface area contributed by atoms with Gasteiger partial charge in [0.1, 0.15) is 6.04 Å². The van der Waals surface area contributed by atoms with Gasteiger partial charge in [0.25, 0.3) is 0 Å². The van der Waals surface area contributed by atoms with E-state index in [0.29, 0.717) is 6.04 Å². The van der Waals surface area contributed by atoms with E-state index in [0.717, 1.165) is 21.0 Å². The summed E-state index contributed by atoms with van der Waals surface area (Å²) < 4.78 is 3.41. The normalized spacial score (nSPS) is 19.3. The second kappa shape index (κ2) is 7.68. The van der Waals surface area contributed by atoms with Gasteiger partial charge >= 0.3 is 0 Å². The average molecular weight is 455 g/mol. The molecule has 1 aromatic carbocycles. The van der Waals surface area contributed by atoms with Crippen molar-refractivity contribution >= 4 is 38.9 Å². The Bertz CT molecular complexity index is 999. The zero-order valence-corrected chi connectivity index (χ0v) is 18.5. The fraction of sp³-hybridized carbons (Fsp3) is 0.273. The van der Waals surface area contributed by atoms with Crippen molar-refractivity contribution in [2.24, 2.45) is 0 Å². The van der Waals surface area contributed by atoms with Crippen molar-refractivity contribution in [2.75, 3.05) is 4.90 Å². The molecule has 0 radical (unpaired) electrons. The van der Waals surface area contributed by atoms with Gasteiger partial charge in [-0.25, -0.2) is 0 Å². The number of anilines is 1. The number of halogens is 1. The lowest BCUT2D eigenvalue weighted by atomic mass is 10.0. The number of hydrogen-bond acceptors (Lipinski definition) is 2. The van der Waals surface area contributed by atoms with Gasteiger partial charge in [-0.2, -0.15) is 0 Å². The Morgan fingerprint density at radius 1 is 1.14 bits per heavy atom. The molecule has 3 heterocycles. The van der Waals surface area contributed by atoms with Gasteiger partial charge in [-0.3, -0.25) is 4.98 Å². The van der Waals surface area contributed by atoms with Crippen LogP contribution in [0.4, 0.5) is 5.69 Å². The average Bonchev–Trinajstić information content (AvgIpc) is 3.29. The Balaban J connectivity index is 1.87. The maximum absolute atomic E-state index is 5.80. The summed E-state index contributed by atoms with van der Waals surface area (Å²) in [6, 6.07) is 17.0. The van der Waals surface area contributed by atoms with Crippen molar-refractivity contribution < 1.29 is 0 Å². The van der Waals surface area contributed by atoms with Gasteiger partial charge in [0.15, 0.2) is 5.11 Å². The lowest BCUT2D eigenvalue weighted by Gasteiger charge is -2.30. The minimum atomic E-state index is -0.0231. The first kappa shape index (κ1) is 19.2. The molecule has 3 aromatic rings. The van der Waals surface area contributed by atoms with Crippen molar-refractivity contribution in [3.8, 4) is 0 Å². The zero-order chi connectivity index (χ0) is 19.8. The fourth-order valence-electron chi connectivity index (χ4n) is 3.84. The molecule has 0 saturated carbocycles. The first-order valence-electron chi connectivity index (χ1n) is 9.41. The van der Waals surface area contributed by atoms with Gasteiger partial charge in [-0.15, -0.1) is 0 Å². The summed E-state index contributed by atoms with van der Waals surface area (Å²) in [5.41, 5.74) is 4.47. The molecular weight excluding hydrogens is 432 g/mol. The van der Waals surface area contributed by atoms with E-state index >= 15 is 0 Å². The van der Waals surface area contributed by atoms with E-state index < -0.39 is 0 Å². The molecular formula is C22H23BrN4S. The number of nitrogens with zero attached hydrogens (tertiary/aromatic N) is 3. The highest BCUT2D eigenvalue weighted by molar-refractivity contribution is 9.10. The molecule has 4 rings (SSSR count). The number of benzene rings is 1. The summed E-state index contributed by atoms with van der Waals surface area (Å²) in [5.74, 6) is 0. The largest absolute Gasteiger partial charge is 0.351 e. The van der Waals surface area contributed by atoms with E-state index in [1.165, 1.54) is 11.3 Å². The number of thiocarbonyl (C=S) groups is 1. The van der Waals surface area contributed by atoms with E-state index in [-0.39, 0.29) is 12.1 Å². The van der Waals surface area contributed by atoms with Crippen LogP contribution in [0.1, 0.15) is 48.9 Å². The van der Waals surface area contributed by atoms with Crippen LogP contribution in [0.2, 0.25) is 0 Å². The van der Waals surface area contributed by atoms with Crippen molar-refractivity contribution in [3.63, 3.8) is 0 Å². The van der Waals surface area contributed by atoms with Crippen LogP contribution < -0.4 is 10.2 Å². The third-order valence-electron chi connectivity index (χ3n) is 5.19. The second-order valence-corrected chi connectivity index (χ2v) is 8.61. The van der Waals surface area contributed by atoms with Crippen molar-refractivity contribution in [2.45, 2.75) is 38.9 Å². The molecule has 0 amide bonds. The lowest BCUT2D eigenvalue weighted by Crippen LogP contribution is -2.30. The maximum atomic E-state index is 5.80. The van der Waals surface area contributed by atoms with E-state index in [1.807, 2.05) is 18.3 Å². The summed E-state index contributed by atoms with van der Waals surface area (Å²) in [6.45, 7) is 6.50. The molecule has 1 aliphatic heterocycles. The van der Waals surface area contributed by atoms with Crippen LogP contribution in [-0.2, 0) is 0 Å². The second-order valence-electron chi connectivity index (χ2n) is 7.36. The van der Waals surface area contributed by atoms with Crippen LogP contribution >= 0.6 is 28.1 Å². The minimum Gasteiger partial charge on any atom is -0.351 e. The van der Waals surface area contributed by atoms with Crippen molar-refractivity contribution in [3.05, 3.63) is 82.3 Å². The van der Waals surface area contributed by atoms with Gasteiger partial charge in [-0.05, 0) is 81.0 Å². The predicted octanol–water partition coefficient (Wildman–Crippen LogP) is 5.71. The highest BCUT2D eigenvalue weighted by Crippen LogP contribution is 2.42. The van der Waals surface area contributed by atoms with Gasteiger partial charge in [-0.1, -0.05) is 22.0 Å². The molecule has 1 fully saturated rings. The van der Waals surface area contributed by atoms with Gasteiger partial charge in [0, 0.05) is 34.3 Å². The summed E-state index contributed by atoms with van der Waals surface area (Å²) in [7, 11) is 0. The van der Waals surface area contributed by atoms with Crippen molar-refractivity contribution in [1.29, 1.82) is 0 Å². The van der Waals surface area contributed by atoms with Gasteiger partial charge in [0.2, 0.25) is 0 Å². The number of pyridine rings is 1. The molecule has 2 atom stereocenters. The summed E-state index contributed by atoms with van der Waals surface area (Å²) in [4.78, 5) is 6.85. The van der Waals surface area contributed by atoms with Crippen LogP contribution in [0.25, 0.3) is 0 Å². The molecule has 6 heteroatoms. The van der Waals surface area contributed by atoms with Gasteiger partial charge < -0.3 is 14.8 Å². The number of aryl methyl sites for hydroxylation is 1. The minimum absolute atomic E-state index is 0.0142. The molecule has 0 spiro atoms. The van der Waals surface area contributed by atoms with E-state index in [9.17, 15) is 0 Å². The molecule has 1 N–H and O–H groups in total. The molecule has 1 saturated heterocycles. The SMILES string of the molecule is Cc1cc(N2C(=S)N[C@@H](c3ccccn3)[C@@H]2c2cccn2C(C)C)ccc1Br. The van der Waals surface area contributed by atoms with Crippen LogP contribution in [-0.4, -0.2) is 14.7 Å². The lowest BCUT2D eigenvalue weighted by molar-refractivity contribution is 0.497. The molecule has 0 unspecified atom stereocenters. The Morgan fingerprint density at radius 3 is 2.64 bits per heavy atom. The third kappa shape index (κ3) is 3.35. The molecule has 0 aliphatic carbocycles. The van der Waals surface area contributed by atoms with Gasteiger partial charge in [0.05, 0.1) is 11.7 Å². The molecule has 1 aliphatic rings. The summed E-state index contributed by atoms with van der Waals surface area (Å²) in [5, 5.41) is 4.25. The third-order valence-corrected chi connectivity index (χ3v) is 6.39. The first-order valence-corrected chi connectivity index (χ1v) is 10.6. The van der Waals surface area contributed by atoms with E-state index in [4.69, 9.17) is 12.2 Å². The fourth-order valence-corrected chi connectivity index (χ4v) is 4.43. The molecule has 2 aromatic heterocycles. The number of rotatable bonds is 4. The monoisotopic (exact) mass is 454 g/mol. The molecule has 0 bridgehead atoms. The van der Waals surface area contributed by atoms with Crippen LogP contribution in [0.5, 0.6) is 0 Å². The smallest absolute Gasteiger partial charge is 0.174 e. The number of nitrogens with one attached hydrogen (secondary N) is 1. The molecule has 144 valence electrons. The number of aromatic nitrogens is 2. The van der Waals surface area contributed by atoms with E-state index in [1.54, 1.807) is 0 Å². The van der Waals surface area contributed by atoms with Crippen molar-refractivity contribution in [1.82, 2.24) is 14.9 Å². The standard InChI is InChI=1S/C22H23BrN4S/c1-14(2)26-12-6-8-19(26)21-20(18-7-4-5-11-24-18)25-22(28)27(21)16-9-10-17(23)15(3)13-16/h4-14,20-21H,1-3H3,(H,25,28)/t20-,21-/m0/s1. The first-order chi connectivity index (χ1) is 13.5. The highest BCUT2D eigenvalue weighted by atomic mass is 79.9.